The molecular weight excluding hydrogens is 1750 g/mol. The number of benzene rings is 22. The van der Waals surface area contributed by atoms with Gasteiger partial charge in [-0.25, -0.2) is 0 Å². The predicted molar refractivity (Wildman–Crippen MR) is 578 cm³/mol. The van der Waals surface area contributed by atoms with Gasteiger partial charge in [0.1, 0.15) is 11.5 Å². The van der Waals surface area contributed by atoms with Crippen LogP contribution >= 0.6 is 35.3 Å². The van der Waals surface area contributed by atoms with Crippen molar-refractivity contribution in [3.05, 3.63) is 599 Å². The summed E-state index contributed by atoms with van der Waals surface area (Å²) in [5.41, 5.74) is 42.9. The Morgan fingerprint density at radius 1 is 0.150 bits per heavy atom. The molecule has 3 nitrogen and oxygen atoms in total. The van der Waals surface area contributed by atoms with Gasteiger partial charge < -0.3 is 14.5 Å². The molecule has 654 valence electrons. The fourth-order valence-electron chi connectivity index (χ4n) is 25.5. The first-order valence-electron chi connectivity index (χ1n) is 48.3. The first-order chi connectivity index (χ1) is 69.4. The van der Waals surface area contributed by atoms with Crippen LogP contribution in [0, 0.1) is 0 Å². The molecule has 0 radical (unpaired) electrons. The summed E-state index contributed by atoms with van der Waals surface area (Å²) in [5, 5.41) is 2.37. The molecule has 0 atom stereocenters. The molecule has 22 aromatic rings. The van der Waals surface area contributed by atoms with E-state index in [1.165, 1.54) is 196 Å². The largest absolute Gasteiger partial charge is 0.457 e. The number of hydrogen-bond donors (Lipinski definition) is 0. The average Bonchev–Trinajstić information content (AvgIpc) is 1.50. The molecule has 4 aliphatic heterocycles. The van der Waals surface area contributed by atoms with E-state index in [0.717, 1.165) is 56.8 Å². The van der Waals surface area contributed by atoms with Crippen molar-refractivity contribution in [1.29, 1.82) is 0 Å². The molecule has 4 heterocycles. The second-order valence-corrected chi connectivity index (χ2v) is 40.9. The Morgan fingerprint density at radius 3 is 0.957 bits per heavy atom. The van der Waals surface area contributed by atoms with Crippen LogP contribution in [0.3, 0.4) is 0 Å². The predicted octanol–water partition coefficient (Wildman–Crippen LogP) is 35.4. The van der Waals surface area contributed by atoms with E-state index in [1.54, 1.807) is 0 Å². The van der Waals surface area contributed by atoms with Gasteiger partial charge >= 0.3 is 0 Å². The van der Waals surface area contributed by atoms with E-state index in [9.17, 15) is 0 Å². The molecule has 0 saturated heterocycles. The Bertz CT molecular complexity index is 8760. The highest BCUT2D eigenvalue weighted by molar-refractivity contribution is 8.00. The maximum atomic E-state index is 7.01. The van der Waals surface area contributed by atoms with E-state index in [2.05, 4.69) is 519 Å². The SMILES string of the molecule is c1ccc(-c2ccc3c(c2)Sc2cc(N(c4ccc5c(c4)C4(c6ccccc6O5)c5ccccc5-c5ccccc54)c4ccc(-c5ccccc5)c5ccccc45)ccc2C32c3ccccc3-c3ccccc32)cc1.c1ccc(-c2cccc(N(c3ccc4c(c3)Sc3ccccc3C43c4ccccc4-c4ccccc43)c3ccc4c(c3)C3(c5ccccc5S4)c4ccccc4-c4ccccc43)c2)cc1. The zero-order chi connectivity index (χ0) is 91.9. The van der Waals surface area contributed by atoms with Crippen molar-refractivity contribution in [1.82, 2.24) is 0 Å². The maximum absolute atomic E-state index is 7.01. The third-order valence-electron chi connectivity index (χ3n) is 31.0. The molecule has 0 amide bonds. The molecule has 0 saturated carbocycles. The lowest BCUT2D eigenvalue weighted by atomic mass is 9.66. The van der Waals surface area contributed by atoms with Gasteiger partial charge in [0.25, 0.3) is 0 Å². The highest BCUT2D eigenvalue weighted by Gasteiger charge is 2.56. The summed E-state index contributed by atoms with van der Waals surface area (Å²) < 4.78 is 7.01. The summed E-state index contributed by atoms with van der Waals surface area (Å²) >= 11 is 5.69. The molecule has 0 fully saturated rings. The molecule has 140 heavy (non-hydrogen) atoms. The molecule has 30 rings (SSSR count). The average molecular weight is 1830 g/mol. The second-order valence-electron chi connectivity index (χ2n) is 37.7. The monoisotopic (exact) mass is 1830 g/mol. The molecule has 8 aliphatic rings. The van der Waals surface area contributed by atoms with Crippen molar-refractivity contribution >= 4 is 80.2 Å². The van der Waals surface area contributed by atoms with Crippen LogP contribution in [0.15, 0.2) is 539 Å². The summed E-state index contributed by atoms with van der Waals surface area (Å²) in [6.45, 7) is 0. The first-order valence-corrected chi connectivity index (χ1v) is 50.8. The maximum Gasteiger partial charge on any atom is 0.132 e. The Kier molecular flexibility index (Phi) is 18.2. The highest BCUT2D eigenvalue weighted by atomic mass is 32.2. The second kappa shape index (κ2) is 31.6. The Balaban J connectivity index is 0.000000136. The molecule has 4 aliphatic carbocycles. The number of fused-ring (bicyclic) bond motifs is 37. The van der Waals surface area contributed by atoms with E-state index >= 15 is 0 Å². The highest BCUT2D eigenvalue weighted by Crippen LogP contribution is 2.69. The lowest BCUT2D eigenvalue weighted by Gasteiger charge is -2.41. The van der Waals surface area contributed by atoms with Gasteiger partial charge in [-0.3, -0.25) is 0 Å². The Labute approximate surface area is 827 Å². The number of hydrogen-bond acceptors (Lipinski definition) is 6. The van der Waals surface area contributed by atoms with Gasteiger partial charge in [-0.1, -0.05) is 442 Å². The molecule has 0 unspecified atom stereocenters. The third kappa shape index (κ3) is 11.5. The van der Waals surface area contributed by atoms with Gasteiger partial charge in [-0.15, -0.1) is 0 Å². The standard InChI is InChI=1S/C72H45NOS.C62H39NS2/c1-3-19-46(20-4-1)48-35-39-63-69(43-48)75-70-45-50(36-40-64(70)72(63)60-31-15-11-26-55(60)56-27-12-16-32-61(56)72)73(66-41-38-51(47-21-5-2-6-22-47)52-23-7-8-28-57(52)66)49-37-42-68-65(44-49)71(62-33-17-18-34-67(62)74-68)58-29-13-9-24-53(58)54-25-10-14-30-59(54)71;1-2-17-40(18-3-1)41-19-16-20-42(37-41)63(43-34-36-59-56(38-43)62(54-30-13-14-31-57(54)64-59)51-27-10-6-23-47(51)48-24-7-11-28-52(48)62)44-33-35-55-60(39-44)65-58-32-15-12-29-53(58)61(55)49-25-8-4-21-45(49)46-22-5-9-26-50(46)61/h1-45H;1-39H. The zero-order valence-electron chi connectivity index (χ0n) is 76.0. The topological polar surface area (TPSA) is 15.7 Å². The molecule has 0 bridgehead atoms. The molecule has 0 N–H and O–H groups in total. The van der Waals surface area contributed by atoms with Crippen molar-refractivity contribution in [3.63, 3.8) is 0 Å². The van der Waals surface area contributed by atoms with Crippen molar-refractivity contribution in [2.75, 3.05) is 9.80 Å². The molecule has 6 heteroatoms. The van der Waals surface area contributed by atoms with Crippen LogP contribution in [0.2, 0.25) is 0 Å². The van der Waals surface area contributed by atoms with Crippen LogP contribution in [0.4, 0.5) is 34.1 Å². The fourth-order valence-corrected chi connectivity index (χ4v) is 29.1. The minimum Gasteiger partial charge on any atom is -0.457 e. The fraction of sp³-hybridized carbons (Fsp3) is 0.0299. The summed E-state index contributed by atoms with van der Waals surface area (Å²) in [6, 6.07) is 190. The summed E-state index contributed by atoms with van der Waals surface area (Å²) in [5.74, 6) is 1.75. The lowest BCUT2D eigenvalue weighted by molar-refractivity contribution is 0.436. The van der Waals surface area contributed by atoms with Gasteiger partial charge in [0, 0.05) is 74.3 Å². The molecule has 4 spiro atoms. The van der Waals surface area contributed by atoms with Crippen LogP contribution in [0.5, 0.6) is 11.5 Å². The number of anilines is 6. The van der Waals surface area contributed by atoms with Crippen LogP contribution < -0.4 is 14.5 Å². The molecular formula is C134H84N2OS3. The first kappa shape index (κ1) is 80.8. The van der Waals surface area contributed by atoms with E-state index in [1.807, 2.05) is 35.3 Å². The smallest absolute Gasteiger partial charge is 0.132 e. The summed E-state index contributed by atoms with van der Waals surface area (Å²) in [7, 11) is 0. The van der Waals surface area contributed by atoms with Crippen LogP contribution in [0.1, 0.15) is 89.0 Å². The summed E-state index contributed by atoms with van der Waals surface area (Å²) in [4.78, 5) is 12.7. The molecule has 22 aromatic carbocycles. The number of para-hydroxylation sites is 1. The van der Waals surface area contributed by atoms with Gasteiger partial charge in [-0.2, -0.15) is 0 Å². The van der Waals surface area contributed by atoms with Gasteiger partial charge in [0.05, 0.1) is 27.3 Å². The van der Waals surface area contributed by atoms with Crippen LogP contribution in [0.25, 0.3) is 88.7 Å². The third-order valence-corrected chi connectivity index (χ3v) is 34.4. The van der Waals surface area contributed by atoms with E-state index < -0.39 is 21.7 Å². The van der Waals surface area contributed by atoms with Crippen molar-refractivity contribution in [2.45, 2.75) is 51.0 Å². The van der Waals surface area contributed by atoms with Crippen LogP contribution in [-0.4, -0.2) is 0 Å². The Hall–Kier alpha value is -16.5. The number of nitrogens with zero attached hydrogens (tertiary/aromatic N) is 2. The van der Waals surface area contributed by atoms with Gasteiger partial charge in [-0.05, 0) is 264 Å². The lowest BCUT2D eigenvalue weighted by Crippen LogP contribution is -2.32. The van der Waals surface area contributed by atoms with E-state index in [4.69, 9.17) is 4.74 Å². The number of ether oxygens (including phenoxy) is 1. The van der Waals surface area contributed by atoms with Crippen molar-refractivity contribution in [2.24, 2.45) is 0 Å². The molecule has 0 aromatic heterocycles. The Morgan fingerprint density at radius 2 is 0.457 bits per heavy atom. The van der Waals surface area contributed by atoms with E-state index in [0.29, 0.717) is 0 Å². The zero-order valence-corrected chi connectivity index (χ0v) is 78.5. The summed E-state index contributed by atoms with van der Waals surface area (Å²) in [6.07, 6.45) is 0. The number of rotatable bonds is 9. The minimum absolute atomic E-state index is 0.437. The van der Waals surface area contributed by atoms with Crippen molar-refractivity contribution < 1.29 is 4.74 Å². The van der Waals surface area contributed by atoms with E-state index in [-0.39, 0.29) is 0 Å². The normalized spacial score (nSPS) is 14.3. The van der Waals surface area contributed by atoms with Crippen molar-refractivity contribution in [3.8, 4) is 89.4 Å². The van der Waals surface area contributed by atoms with Gasteiger partial charge in [0.15, 0.2) is 0 Å². The van der Waals surface area contributed by atoms with Crippen LogP contribution in [-0.2, 0) is 21.7 Å². The quantitative estimate of drug-likeness (QED) is 0.142. The minimum atomic E-state index is -0.625. The van der Waals surface area contributed by atoms with Gasteiger partial charge in [0.2, 0.25) is 0 Å².